The first kappa shape index (κ1) is 30.1. The number of aliphatic hydroxyl groups is 1. The molecule has 1 N–H and O–H groups in total. The van der Waals surface area contributed by atoms with Gasteiger partial charge in [0.15, 0.2) is 0 Å². The van der Waals surface area contributed by atoms with Crippen molar-refractivity contribution < 1.29 is 28.9 Å². The summed E-state index contributed by atoms with van der Waals surface area (Å²) in [5, 5.41) is 9.59. The number of carbonyl (C=O) groups excluding carboxylic acids is 2. The molecule has 0 aliphatic heterocycles. The SMILES string of the molecule is C=CC(=O)Oc1cc(CCO)c(O/C=C/OC(=O)C(=C)C)cc1-c1ccc(-c2ccc(CCCCC)cc2)cc1. The largest absolute Gasteiger partial charge is 0.461 e. The lowest BCUT2D eigenvalue weighted by molar-refractivity contribution is -0.133. The van der Waals surface area contributed by atoms with Gasteiger partial charge in [0.25, 0.3) is 0 Å². The molecule has 0 heterocycles. The molecular weight excluding hydrogens is 504 g/mol. The van der Waals surface area contributed by atoms with E-state index in [1.54, 1.807) is 19.1 Å². The van der Waals surface area contributed by atoms with E-state index in [0.717, 1.165) is 35.4 Å². The molecule has 3 aromatic rings. The number of carbonyl (C=O) groups is 2. The number of aliphatic hydroxyl groups excluding tert-OH is 1. The molecule has 0 saturated heterocycles. The van der Waals surface area contributed by atoms with Crippen molar-refractivity contribution in [3.63, 3.8) is 0 Å². The van der Waals surface area contributed by atoms with E-state index < -0.39 is 11.9 Å². The standard InChI is InChI=1S/C34H36O6/c1-5-7-8-9-25-10-12-26(13-11-25)27-14-16-28(17-15-27)30-23-31(38-20-21-39-34(37)24(3)4)29(18-19-35)22-32(30)40-33(36)6-2/h6,10-17,20-23,35H,2-3,5,7-9,18-19H2,1,4H3/b21-20+. The zero-order valence-corrected chi connectivity index (χ0v) is 23.2. The minimum absolute atomic E-state index is 0.148. The van der Waals surface area contributed by atoms with Crippen LogP contribution in [0.3, 0.4) is 0 Å². The van der Waals surface area contributed by atoms with E-state index in [2.05, 4.69) is 44.3 Å². The molecule has 0 radical (unpaired) electrons. The molecule has 0 aliphatic rings. The lowest BCUT2D eigenvalue weighted by Gasteiger charge is -2.16. The molecule has 6 heteroatoms. The number of rotatable bonds is 14. The van der Waals surface area contributed by atoms with E-state index in [4.69, 9.17) is 14.2 Å². The first-order valence-electron chi connectivity index (χ1n) is 13.4. The van der Waals surface area contributed by atoms with Crippen LogP contribution in [0.25, 0.3) is 22.3 Å². The fourth-order valence-electron chi connectivity index (χ4n) is 4.06. The van der Waals surface area contributed by atoms with Crippen molar-refractivity contribution in [2.45, 2.75) is 46.0 Å². The third-order valence-corrected chi connectivity index (χ3v) is 6.25. The molecule has 40 heavy (non-hydrogen) atoms. The van der Waals surface area contributed by atoms with Gasteiger partial charge in [-0.05, 0) is 60.6 Å². The van der Waals surface area contributed by atoms with Gasteiger partial charge >= 0.3 is 11.9 Å². The molecule has 0 aliphatic carbocycles. The summed E-state index contributed by atoms with van der Waals surface area (Å²) in [5.74, 6) is -0.462. The highest BCUT2D eigenvalue weighted by Crippen LogP contribution is 2.38. The van der Waals surface area contributed by atoms with Crippen LogP contribution >= 0.6 is 0 Å². The maximum Gasteiger partial charge on any atom is 0.338 e. The van der Waals surface area contributed by atoms with Crippen molar-refractivity contribution in [2.75, 3.05) is 6.61 Å². The highest BCUT2D eigenvalue weighted by Gasteiger charge is 2.16. The maximum atomic E-state index is 12.1. The van der Waals surface area contributed by atoms with Gasteiger partial charge in [0.2, 0.25) is 0 Å². The Morgan fingerprint density at radius 3 is 2.12 bits per heavy atom. The smallest absolute Gasteiger partial charge is 0.338 e. The average molecular weight is 541 g/mol. The van der Waals surface area contributed by atoms with Gasteiger partial charge in [-0.15, -0.1) is 0 Å². The molecule has 0 aromatic heterocycles. The van der Waals surface area contributed by atoms with Crippen molar-refractivity contribution in [2.24, 2.45) is 0 Å². The van der Waals surface area contributed by atoms with E-state index in [1.807, 2.05) is 24.3 Å². The Balaban J connectivity index is 1.92. The quantitative estimate of drug-likeness (QED) is 0.0757. The second-order valence-electron chi connectivity index (χ2n) is 9.36. The van der Waals surface area contributed by atoms with Gasteiger partial charge in [0.05, 0.1) is 0 Å². The summed E-state index contributed by atoms with van der Waals surface area (Å²) < 4.78 is 16.2. The average Bonchev–Trinajstić information content (AvgIpc) is 2.96. The van der Waals surface area contributed by atoms with Crippen LogP contribution < -0.4 is 9.47 Å². The predicted octanol–water partition coefficient (Wildman–Crippen LogP) is 7.35. The summed E-state index contributed by atoms with van der Waals surface area (Å²) in [6.45, 7) is 10.6. The van der Waals surface area contributed by atoms with Crippen molar-refractivity contribution in [1.82, 2.24) is 0 Å². The van der Waals surface area contributed by atoms with Gasteiger partial charge < -0.3 is 19.3 Å². The number of benzene rings is 3. The maximum absolute atomic E-state index is 12.1. The van der Waals surface area contributed by atoms with Crippen LogP contribution in [0.5, 0.6) is 11.5 Å². The van der Waals surface area contributed by atoms with E-state index in [-0.39, 0.29) is 18.6 Å². The Labute approximate surface area is 236 Å². The predicted molar refractivity (Wildman–Crippen MR) is 158 cm³/mol. The van der Waals surface area contributed by atoms with Crippen LogP contribution in [0, 0.1) is 0 Å². The zero-order chi connectivity index (χ0) is 28.9. The van der Waals surface area contributed by atoms with Crippen LogP contribution in [0.1, 0.15) is 44.2 Å². The number of unbranched alkanes of at least 4 members (excludes halogenated alkanes) is 2. The molecule has 208 valence electrons. The molecular formula is C34H36O6. The van der Waals surface area contributed by atoms with E-state index in [0.29, 0.717) is 22.6 Å². The van der Waals surface area contributed by atoms with Gasteiger partial charge in [-0.25, -0.2) is 9.59 Å². The number of esters is 2. The lowest BCUT2D eigenvalue weighted by atomic mass is 9.97. The number of hydrogen-bond acceptors (Lipinski definition) is 6. The first-order chi connectivity index (χ1) is 19.4. The molecule has 0 amide bonds. The van der Waals surface area contributed by atoms with Crippen LogP contribution in [0.4, 0.5) is 0 Å². The van der Waals surface area contributed by atoms with Crippen molar-refractivity contribution >= 4 is 11.9 Å². The summed E-state index contributed by atoms with van der Waals surface area (Å²) in [4.78, 5) is 23.7. The Bertz CT molecular complexity index is 1350. The fraction of sp³-hybridized carbons (Fsp3) is 0.235. The van der Waals surface area contributed by atoms with E-state index in [9.17, 15) is 14.7 Å². The molecule has 3 aromatic carbocycles. The minimum Gasteiger partial charge on any atom is -0.461 e. The van der Waals surface area contributed by atoms with E-state index in [1.165, 1.54) is 31.1 Å². The number of ether oxygens (including phenoxy) is 3. The number of hydrogen-bond donors (Lipinski definition) is 1. The topological polar surface area (TPSA) is 82.1 Å². The van der Waals surface area contributed by atoms with Crippen LogP contribution in [-0.2, 0) is 27.2 Å². The Morgan fingerprint density at radius 2 is 1.52 bits per heavy atom. The normalized spacial score (nSPS) is 10.8. The molecule has 3 rings (SSSR count). The van der Waals surface area contributed by atoms with Gasteiger partial charge in [-0.3, -0.25) is 0 Å². The molecule has 0 bridgehead atoms. The van der Waals surface area contributed by atoms with Crippen molar-refractivity contribution in [3.8, 4) is 33.8 Å². The van der Waals surface area contributed by atoms with Gasteiger partial charge in [0.1, 0.15) is 24.0 Å². The first-order valence-corrected chi connectivity index (χ1v) is 13.4. The monoisotopic (exact) mass is 540 g/mol. The molecule has 0 spiro atoms. The Kier molecular flexibility index (Phi) is 11.5. The van der Waals surface area contributed by atoms with Gasteiger partial charge in [0, 0.05) is 29.4 Å². The Hall–Kier alpha value is -4.42. The molecule has 6 nitrogen and oxygen atoms in total. The summed E-state index contributed by atoms with van der Waals surface area (Å²) in [5.41, 5.74) is 5.77. The second kappa shape index (κ2) is 15.2. The van der Waals surface area contributed by atoms with E-state index >= 15 is 0 Å². The van der Waals surface area contributed by atoms with Crippen molar-refractivity contribution in [3.05, 3.63) is 109 Å². The number of aryl methyl sites for hydroxylation is 1. The van der Waals surface area contributed by atoms with Gasteiger partial charge in [-0.1, -0.05) is 81.5 Å². The summed E-state index contributed by atoms with van der Waals surface area (Å²) >= 11 is 0. The second-order valence-corrected chi connectivity index (χ2v) is 9.36. The zero-order valence-electron chi connectivity index (χ0n) is 23.2. The molecule has 0 saturated carbocycles. The highest BCUT2D eigenvalue weighted by molar-refractivity contribution is 5.87. The summed E-state index contributed by atoms with van der Waals surface area (Å²) in [6.07, 6.45) is 8.41. The highest BCUT2D eigenvalue weighted by atomic mass is 16.5. The summed E-state index contributed by atoms with van der Waals surface area (Å²) in [7, 11) is 0. The Morgan fingerprint density at radius 1 is 0.875 bits per heavy atom. The molecule has 0 fully saturated rings. The fourth-order valence-corrected chi connectivity index (χ4v) is 4.06. The van der Waals surface area contributed by atoms with Crippen LogP contribution in [0.2, 0.25) is 0 Å². The van der Waals surface area contributed by atoms with Crippen molar-refractivity contribution in [1.29, 1.82) is 0 Å². The molecule has 0 atom stereocenters. The molecule has 0 unspecified atom stereocenters. The lowest BCUT2D eigenvalue weighted by Crippen LogP contribution is -2.06. The summed E-state index contributed by atoms with van der Waals surface area (Å²) in [6, 6.07) is 19.9. The third kappa shape index (κ3) is 8.55. The third-order valence-electron chi connectivity index (χ3n) is 6.25. The van der Waals surface area contributed by atoms with Crippen LogP contribution in [0.15, 0.2) is 98.0 Å². The minimum atomic E-state index is -0.605. The van der Waals surface area contributed by atoms with Gasteiger partial charge in [-0.2, -0.15) is 0 Å². The van der Waals surface area contributed by atoms with Crippen LogP contribution in [-0.4, -0.2) is 23.7 Å².